The van der Waals surface area contributed by atoms with Crippen LogP contribution in [0.3, 0.4) is 0 Å². The van der Waals surface area contributed by atoms with E-state index in [-0.39, 0.29) is 17.2 Å². The standard InChI is InChI=1S/C32H28F3N3O4/c1-5-40-29-16-20(4)26(17-25(29)19(2)3)30-37-27-9-7-6-8-24(27)31(39)38(30)36-18-23-14-15-28(41-23)21-10-12-22(13-11-21)42-32(33,34)35/h6-19H,5H2,1-4H3. The van der Waals surface area contributed by atoms with E-state index in [0.29, 0.717) is 40.4 Å². The number of hydrogen-bond acceptors (Lipinski definition) is 6. The average molecular weight is 576 g/mol. The molecule has 0 aliphatic carbocycles. The lowest BCUT2D eigenvalue weighted by atomic mass is 9.96. The van der Waals surface area contributed by atoms with Gasteiger partial charge in [-0.1, -0.05) is 26.0 Å². The number of benzene rings is 3. The smallest absolute Gasteiger partial charge is 0.494 e. The highest BCUT2D eigenvalue weighted by Gasteiger charge is 2.31. The van der Waals surface area contributed by atoms with Gasteiger partial charge in [-0.2, -0.15) is 9.78 Å². The average Bonchev–Trinajstić information content (AvgIpc) is 3.41. The largest absolute Gasteiger partial charge is 0.573 e. The summed E-state index contributed by atoms with van der Waals surface area (Å²) in [7, 11) is 0. The lowest BCUT2D eigenvalue weighted by molar-refractivity contribution is -0.274. The van der Waals surface area contributed by atoms with Crippen LogP contribution < -0.4 is 15.0 Å². The molecule has 0 amide bonds. The Bertz CT molecular complexity index is 1820. The van der Waals surface area contributed by atoms with E-state index in [0.717, 1.165) is 22.4 Å². The third kappa shape index (κ3) is 6.07. The normalized spacial score (nSPS) is 12.0. The van der Waals surface area contributed by atoms with Gasteiger partial charge in [0.15, 0.2) is 5.82 Å². The molecule has 0 saturated carbocycles. The molecule has 0 radical (unpaired) electrons. The first kappa shape index (κ1) is 28.7. The van der Waals surface area contributed by atoms with Crippen LogP contribution in [-0.2, 0) is 0 Å². The molecule has 0 unspecified atom stereocenters. The fourth-order valence-corrected chi connectivity index (χ4v) is 4.59. The van der Waals surface area contributed by atoms with Gasteiger partial charge in [0.05, 0.1) is 23.7 Å². The van der Waals surface area contributed by atoms with Gasteiger partial charge in [0, 0.05) is 11.1 Å². The summed E-state index contributed by atoms with van der Waals surface area (Å²) in [6, 6.07) is 19.6. The fraction of sp³-hybridized carbons (Fsp3) is 0.219. The zero-order valence-corrected chi connectivity index (χ0v) is 23.4. The van der Waals surface area contributed by atoms with Crippen LogP contribution in [0.25, 0.3) is 33.6 Å². The Balaban J connectivity index is 1.56. The van der Waals surface area contributed by atoms with Gasteiger partial charge < -0.3 is 13.9 Å². The van der Waals surface area contributed by atoms with E-state index in [4.69, 9.17) is 14.1 Å². The molecule has 42 heavy (non-hydrogen) atoms. The van der Waals surface area contributed by atoms with E-state index in [1.165, 1.54) is 35.2 Å². The van der Waals surface area contributed by atoms with Crippen LogP contribution in [-0.4, -0.2) is 28.8 Å². The highest BCUT2D eigenvalue weighted by molar-refractivity contribution is 5.82. The van der Waals surface area contributed by atoms with Crippen molar-refractivity contribution in [3.8, 4) is 34.2 Å². The first-order valence-electron chi connectivity index (χ1n) is 13.3. The highest BCUT2D eigenvalue weighted by Crippen LogP contribution is 2.34. The lowest BCUT2D eigenvalue weighted by Crippen LogP contribution is -2.20. The van der Waals surface area contributed by atoms with Gasteiger partial charge in [-0.3, -0.25) is 4.79 Å². The van der Waals surface area contributed by atoms with Crippen LogP contribution in [0.4, 0.5) is 13.2 Å². The molecule has 5 rings (SSSR count). The Morgan fingerprint density at radius 1 is 1.05 bits per heavy atom. The molecule has 0 aliphatic heterocycles. The molecule has 0 bridgehead atoms. The van der Waals surface area contributed by atoms with E-state index in [1.54, 1.807) is 30.3 Å². The minimum atomic E-state index is -4.77. The van der Waals surface area contributed by atoms with Crippen LogP contribution in [0, 0.1) is 6.92 Å². The van der Waals surface area contributed by atoms with Gasteiger partial charge in [-0.15, -0.1) is 13.2 Å². The summed E-state index contributed by atoms with van der Waals surface area (Å²) in [5, 5.41) is 4.89. The maximum Gasteiger partial charge on any atom is 0.573 e. The van der Waals surface area contributed by atoms with Gasteiger partial charge >= 0.3 is 6.36 Å². The summed E-state index contributed by atoms with van der Waals surface area (Å²) in [6.45, 7) is 8.53. The van der Waals surface area contributed by atoms with E-state index in [1.807, 2.05) is 32.0 Å². The number of para-hydroxylation sites is 1. The molecule has 2 aromatic heterocycles. The van der Waals surface area contributed by atoms with Gasteiger partial charge in [-0.05, 0) is 91.6 Å². The molecule has 0 spiro atoms. The zero-order valence-electron chi connectivity index (χ0n) is 23.4. The molecule has 216 valence electrons. The molecule has 3 aromatic carbocycles. The van der Waals surface area contributed by atoms with Crippen molar-refractivity contribution in [3.05, 3.63) is 100 Å². The van der Waals surface area contributed by atoms with Crippen molar-refractivity contribution in [2.24, 2.45) is 5.10 Å². The van der Waals surface area contributed by atoms with Crippen LogP contribution >= 0.6 is 0 Å². The van der Waals surface area contributed by atoms with Crippen molar-refractivity contribution in [1.82, 2.24) is 9.66 Å². The molecule has 5 aromatic rings. The number of fused-ring (bicyclic) bond motifs is 1. The Hall–Kier alpha value is -4.86. The van der Waals surface area contributed by atoms with Gasteiger partial charge in [-0.25, -0.2) is 4.98 Å². The third-order valence-corrected chi connectivity index (χ3v) is 6.57. The van der Waals surface area contributed by atoms with E-state index in [9.17, 15) is 18.0 Å². The molecule has 0 fully saturated rings. The Kier molecular flexibility index (Phi) is 7.89. The second-order valence-electron chi connectivity index (χ2n) is 9.88. The monoisotopic (exact) mass is 575 g/mol. The topological polar surface area (TPSA) is 78.8 Å². The summed E-state index contributed by atoms with van der Waals surface area (Å²) in [6.07, 6.45) is -3.37. The molecule has 0 N–H and O–H groups in total. The van der Waals surface area contributed by atoms with Crippen LogP contribution in [0.15, 0.2) is 87.1 Å². The van der Waals surface area contributed by atoms with E-state index >= 15 is 0 Å². The number of furan rings is 1. The number of rotatable bonds is 8. The minimum absolute atomic E-state index is 0.158. The van der Waals surface area contributed by atoms with Crippen LogP contribution in [0.5, 0.6) is 11.5 Å². The molecule has 0 aliphatic rings. The Morgan fingerprint density at radius 2 is 1.79 bits per heavy atom. The number of alkyl halides is 3. The van der Waals surface area contributed by atoms with Crippen molar-refractivity contribution < 1.29 is 27.1 Å². The molecular weight excluding hydrogens is 547 g/mol. The summed E-state index contributed by atoms with van der Waals surface area (Å²) < 4.78 is 54.4. The van der Waals surface area contributed by atoms with Gasteiger partial charge in [0.25, 0.3) is 5.56 Å². The predicted octanol–water partition coefficient (Wildman–Crippen LogP) is 7.93. The Labute approximate surface area is 239 Å². The van der Waals surface area contributed by atoms with Crippen LogP contribution in [0.2, 0.25) is 0 Å². The first-order valence-corrected chi connectivity index (χ1v) is 13.3. The number of aryl methyl sites for hydroxylation is 1. The number of hydrogen-bond donors (Lipinski definition) is 0. The van der Waals surface area contributed by atoms with Crippen molar-refractivity contribution in [2.75, 3.05) is 6.61 Å². The number of nitrogens with zero attached hydrogens (tertiary/aromatic N) is 3. The number of ether oxygens (including phenoxy) is 2. The SMILES string of the molecule is CCOc1cc(C)c(-c2nc3ccccc3c(=O)n2N=Cc2ccc(-c3ccc(OC(F)(F)F)cc3)o2)cc1C(C)C. The summed E-state index contributed by atoms with van der Waals surface area (Å²) in [5.41, 5.74) is 3.33. The summed E-state index contributed by atoms with van der Waals surface area (Å²) >= 11 is 0. The quantitative estimate of drug-likeness (QED) is 0.176. The number of halogens is 3. The van der Waals surface area contributed by atoms with Crippen molar-refractivity contribution in [2.45, 2.75) is 40.0 Å². The summed E-state index contributed by atoms with van der Waals surface area (Å²) in [5.74, 6) is 1.71. The van der Waals surface area contributed by atoms with Crippen molar-refractivity contribution in [1.29, 1.82) is 0 Å². The lowest BCUT2D eigenvalue weighted by Gasteiger charge is -2.18. The van der Waals surface area contributed by atoms with E-state index in [2.05, 4.69) is 23.7 Å². The van der Waals surface area contributed by atoms with Crippen molar-refractivity contribution in [3.63, 3.8) is 0 Å². The third-order valence-electron chi connectivity index (χ3n) is 6.57. The summed E-state index contributed by atoms with van der Waals surface area (Å²) in [4.78, 5) is 18.5. The second-order valence-corrected chi connectivity index (χ2v) is 9.88. The molecule has 0 saturated heterocycles. The maximum absolute atomic E-state index is 13.7. The molecule has 7 nitrogen and oxygen atoms in total. The zero-order chi connectivity index (χ0) is 30.0. The number of aromatic nitrogens is 2. The predicted molar refractivity (Wildman–Crippen MR) is 155 cm³/mol. The van der Waals surface area contributed by atoms with Crippen molar-refractivity contribution >= 4 is 17.1 Å². The molecule has 2 heterocycles. The Morgan fingerprint density at radius 3 is 2.48 bits per heavy atom. The second kappa shape index (κ2) is 11.6. The maximum atomic E-state index is 13.7. The molecule has 0 atom stereocenters. The highest BCUT2D eigenvalue weighted by atomic mass is 19.4. The fourth-order valence-electron chi connectivity index (χ4n) is 4.59. The first-order chi connectivity index (χ1) is 20.0. The van der Waals surface area contributed by atoms with Gasteiger partial charge in [0.2, 0.25) is 0 Å². The molecule has 10 heteroatoms. The molecular formula is C32H28F3N3O4. The van der Waals surface area contributed by atoms with Crippen LogP contribution in [0.1, 0.15) is 43.6 Å². The van der Waals surface area contributed by atoms with E-state index < -0.39 is 6.36 Å². The van der Waals surface area contributed by atoms with Gasteiger partial charge in [0.1, 0.15) is 23.0 Å². The minimum Gasteiger partial charge on any atom is -0.494 e.